The summed E-state index contributed by atoms with van der Waals surface area (Å²) < 4.78 is 5.28. The summed E-state index contributed by atoms with van der Waals surface area (Å²) in [6, 6.07) is 4.92. The Balaban J connectivity index is 1.96. The number of carbonyl (C=O) groups is 2. The van der Waals surface area contributed by atoms with E-state index in [0.717, 1.165) is 5.69 Å². The Morgan fingerprint density at radius 3 is 2.62 bits per heavy atom. The minimum atomic E-state index is -0.564. The van der Waals surface area contributed by atoms with Gasteiger partial charge in [-0.25, -0.2) is 9.78 Å². The first-order chi connectivity index (χ1) is 9.76. The highest BCUT2D eigenvalue weighted by Crippen LogP contribution is 2.22. The van der Waals surface area contributed by atoms with Gasteiger partial charge in [-0.05, 0) is 46.2 Å². The van der Waals surface area contributed by atoms with E-state index in [9.17, 15) is 9.59 Å². The number of nitrogens with one attached hydrogen (secondary N) is 1. The van der Waals surface area contributed by atoms with Crippen molar-refractivity contribution in [1.82, 2.24) is 9.88 Å². The molecule has 1 aliphatic heterocycles. The Hall–Kier alpha value is -2.11. The van der Waals surface area contributed by atoms with E-state index < -0.39 is 17.7 Å². The first kappa shape index (κ1) is 15.3. The quantitative estimate of drug-likeness (QED) is 0.907. The van der Waals surface area contributed by atoms with Crippen LogP contribution in [0.1, 0.15) is 32.9 Å². The van der Waals surface area contributed by atoms with Crippen molar-refractivity contribution in [2.45, 2.75) is 45.8 Å². The van der Waals surface area contributed by atoms with Gasteiger partial charge < -0.3 is 10.1 Å². The number of likely N-dealkylation sites (tertiary alicyclic amines) is 1. The number of anilines is 1. The highest BCUT2D eigenvalue weighted by Gasteiger charge is 2.39. The molecule has 1 saturated heterocycles. The van der Waals surface area contributed by atoms with Crippen LogP contribution in [0.3, 0.4) is 0 Å². The van der Waals surface area contributed by atoms with E-state index in [1.54, 1.807) is 26.8 Å². The second kappa shape index (κ2) is 5.71. The number of hydrogen-bond donors (Lipinski definition) is 1. The molecule has 0 unspecified atom stereocenters. The van der Waals surface area contributed by atoms with Crippen molar-refractivity contribution in [3.63, 3.8) is 0 Å². The smallest absolute Gasteiger partial charge is 0.410 e. The number of ether oxygens (including phenoxy) is 1. The molecule has 1 fully saturated rings. The van der Waals surface area contributed by atoms with E-state index in [1.165, 1.54) is 4.90 Å². The van der Waals surface area contributed by atoms with Crippen LogP contribution < -0.4 is 5.32 Å². The number of pyridine rings is 1. The molecule has 6 heteroatoms. The lowest BCUT2D eigenvalue weighted by Gasteiger charge is -2.40. The number of carbonyl (C=O) groups excluding carboxylic acids is 2. The highest BCUT2D eigenvalue weighted by molar-refractivity contribution is 5.96. The summed E-state index contributed by atoms with van der Waals surface area (Å²) in [6.45, 7) is 7.80. The van der Waals surface area contributed by atoms with Crippen molar-refractivity contribution in [1.29, 1.82) is 0 Å². The predicted molar refractivity (Wildman–Crippen MR) is 78.9 cm³/mol. The molecule has 0 radical (unpaired) electrons. The van der Waals surface area contributed by atoms with Gasteiger partial charge in [0, 0.05) is 12.2 Å². The van der Waals surface area contributed by atoms with Gasteiger partial charge in [0.2, 0.25) is 5.91 Å². The molecule has 1 N–H and O–H groups in total. The molecular formula is C15H21N3O3. The van der Waals surface area contributed by atoms with Crippen LogP contribution in [0.5, 0.6) is 0 Å². The van der Waals surface area contributed by atoms with Crippen LogP contribution in [-0.2, 0) is 9.53 Å². The fourth-order valence-corrected chi connectivity index (χ4v) is 2.02. The van der Waals surface area contributed by atoms with E-state index in [1.807, 2.05) is 19.1 Å². The SMILES string of the molecule is Cc1cccc(NC(=O)[C@@H]2CCN2C(=O)OC(C)(C)C)n1. The average molecular weight is 291 g/mol. The lowest BCUT2D eigenvalue weighted by Crippen LogP contribution is -2.57. The summed E-state index contributed by atoms with van der Waals surface area (Å²) in [5, 5.41) is 2.73. The zero-order valence-electron chi connectivity index (χ0n) is 12.8. The zero-order chi connectivity index (χ0) is 15.6. The Kier molecular flexibility index (Phi) is 4.16. The molecule has 1 aliphatic rings. The van der Waals surface area contributed by atoms with Gasteiger partial charge in [0.25, 0.3) is 0 Å². The van der Waals surface area contributed by atoms with Gasteiger partial charge in [0.05, 0.1) is 0 Å². The van der Waals surface area contributed by atoms with Crippen molar-refractivity contribution in [3.8, 4) is 0 Å². The molecule has 0 bridgehead atoms. The Bertz CT molecular complexity index is 551. The van der Waals surface area contributed by atoms with Crippen molar-refractivity contribution < 1.29 is 14.3 Å². The van der Waals surface area contributed by atoms with Crippen LogP contribution in [0.2, 0.25) is 0 Å². The molecule has 0 saturated carbocycles. The van der Waals surface area contributed by atoms with Gasteiger partial charge in [-0.2, -0.15) is 0 Å². The maximum atomic E-state index is 12.2. The van der Waals surface area contributed by atoms with Crippen molar-refractivity contribution in [2.24, 2.45) is 0 Å². The third-order valence-electron chi connectivity index (χ3n) is 3.09. The van der Waals surface area contributed by atoms with Gasteiger partial charge in [-0.15, -0.1) is 0 Å². The number of aromatic nitrogens is 1. The number of nitrogens with zero attached hydrogens (tertiary/aromatic N) is 2. The molecule has 6 nitrogen and oxygen atoms in total. The minimum absolute atomic E-state index is 0.231. The van der Waals surface area contributed by atoms with Crippen molar-refractivity contribution in [3.05, 3.63) is 23.9 Å². The second-order valence-electron chi connectivity index (χ2n) is 6.13. The lowest BCUT2D eigenvalue weighted by molar-refractivity contribution is -0.125. The van der Waals surface area contributed by atoms with Gasteiger partial charge in [-0.1, -0.05) is 6.07 Å². The van der Waals surface area contributed by atoms with E-state index in [-0.39, 0.29) is 5.91 Å². The second-order valence-corrected chi connectivity index (χ2v) is 6.13. The van der Waals surface area contributed by atoms with E-state index in [0.29, 0.717) is 18.8 Å². The molecule has 21 heavy (non-hydrogen) atoms. The average Bonchev–Trinajstić information content (AvgIpc) is 2.23. The van der Waals surface area contributed by atoms with E-state index in [2.05, 4.69) is 10.3 Å². The van der Waals surface area contributed by atoms with Crippen LogP contribution in [0.25, 0.3) is 0 Å². The largest absolute Gasteiger partial charge is 0.444 e. The molecule has 2 heterocycles. The number of rotatable bonds is 2. The van der Waals surface area contributed by atoms with E-state index in [4.69, 9.17) is 4.74 Å². The predicted octanol–water partition coefficient (Wildman–Crippen LogP) is 2.34. The van der Waals surface area contributed by atoms with Crippen LogP contribution in [0.4, 0.5) is 10.6 Å². The molecule has 1 aromatic rings. The van der Waals surface area contributed by atoms with Crippen molar-refractivity contribution in [2.75, 3.05) is 11.9 Å². The maximum absolute atomic E-state index is 12.2. The minimum Gasteiger partial charge on any atom is -0.444 e. The Labute approximate surface area is 124 Å². The maximum Gasteiger partial charge on any atom is 0.410 e. The number of amides is 2. The molecule has 1 atom stereocenters. The summed E-state index contributed by atoms with van der Waals surface area (Å²) in [4.78, 5) is 29.8. The molecule has 2 amide bonds. The van der Waals surface area contributed by atoms with Crippen molar-refractivity contribution >= 4 is 17.8 Å². The van der Waals surface area contributed by atoms with Gasteiger partial charge >= 0.3 is 6.09 Å². The third-order valence-corrected chi connectivity index (χ3v) is 3.09. The lowest BCUT2D eigenvalue weighted by atomic mass is 10.0. The molecule has 114 valence electrons. The fourth-order valence-electron chi connectivity index (χ4n) is 2.02. The van der Waals surface area contributed by atoms with Gasteiger partial charge in [-0.3, -0.25) is 9.69 Å². The summed E-state index contributed by atoms with van der Waals surface area (Å²) >= 11 is 0. The topological polar surface area (TPSA) is 71.5 Å². The highest BCUT2D eigenvalue weighted by atomic mass is 16.6. The summed E-state index contributed by atoms with van der Waals surface area (Å²) in [6.07, 6.45) is 0.183. The van der Waals surface area contributed by atoms with Crippen LogP contribution in [0, 0.1) is 6.92 Å². The summed E-state index contributed by atoms with van der Waals surface area (Å²) in [7, 11) is 0. The molecule has 2 rings (SSSR count). The fraction of sp³-hybridized carbons (Fsp3) is 0.533. The van der Waals surface area contributed by atoms with Crippen LogP contribution in [-0.4, -0.2) is 40.1 Å². The molecule has 0 aliphatic carbocycles. The Morgan fingerprint density at radius 2 is 2.10 bits per heavy atom. The van der Waals surface area contributed by atoms with Crippen LogP contribution >= 0.6 is 0 Å². The van der Waals surface area contributed by atoms with E-state index >= 15 is 0 Å². The molecule has 0 aromatic carbocycles. The number of aryl methyl sites for hydroxylation is 1. The first-order valence-corrected chi connectivity index (χ1v) is 7.00. The normalized spacial score (nSPS) is 17.9. The first-order valence-electron chi connectivity index (χ1n) is 7.00. The third kappa shape index (κ3) is 3.93. The van der Waals surface area contributed by atoms with Gasteiger partial charge in [0.1, 0.15) is 17.5 Å². The zero-order valence-corrected chi connectivity index (χ0v) is 12.8. The molecule has 1 aromatic heterocycles. The molecular weight excluding hydrogens is 270 g/mol. The summed E-state index contributed by atoms with van der Waals surface area (Å²) in [5.74, 6) is 0.265. The number of hydrogen-bond acceptors (Lipinski definition) is 4. The standard InChI is InChI=1S/C15H21N3O3/c1-10-6-5-7-12(16-10)17-13(19)11-8-9-18(11)14(20)21-15(2,3)4/h5-7,11H,8-9H2,1-4H3,(H,16,17,19)/t11-/m0/s1. The summed E-state index contributed by atoms with van der Waals surface area (Å²) in [5.41, 5.74) is 0.261. The van der Waals surface area contributed by atoms with Crippen LogP contribution in [0.15, 0.2) is 18.2 Å². The monoisotopic (exact) mass is 291 g/mol. The van der Waals surface area contributed by atoms with Gasteiger partial charge in [0.15, 0.2) is 0 Å². The molecule has 0 spiro atoms. The Morgan fingerprint density at radius 1 is 1.38 bits per heavy atom.